The van der Waals surface area contributed by atoms with Gasteiger partial charge in [-0.25, -0.2) is 0 Å². The molecule has 0 fully saturated rings. The number of fused-ring (bicyclic) bond motifs is 1. The second-order valence-corrected chi connectivity index (χ2v) is 6.39. The van der Waals surface area contributed by atoms with Gasteiger partial charge in [0.15, 0.2) is 0 Å². The molecule has 0 spiro atoms. The summed E-state index contributed by atoms with van der Waals surface area (Å²) in [5.41, 5.74) is 2.99. The van der Waals surface area contributed by atoms with Gasteiger partial charge in [-0.05, 0) is 48.4 Å². The van der Waals surface area contributed by atoms with Crippen LogP contribution in [-0.2, 0) is 0 Å². The summed E-state index contributed by atoms with van der Waals surface area (Å²) in [6.45, 7) is 2.01. The van der Waals surface area contributed by atoms with Gasteiger partial charge in [-0.15, -0.1) is 0 Å². The molecular formula is C16H14BrClO2. The van der Waals surface area contributed by atoms with Gasteiger partial charge in [0.1, 0.15) is 11.9 Å². The van der Waals surface area contributed by atoms with E-state index >= 15 is 0 Å². The molecule has 1 unspecified atom stereocenters. The van der Waals surface area contributed by atoms with E-state index in [4.69, 9.17) is 16.3 Å². The fourth-order valence-corrected chi connectivity index (χ4v) is 3.21. The Balaban J connectivity index is 1.97. The van der Waals surface area contributed by atoms with Crippen LogP contribution in [0.25, 0.3) is 0 Å². The molecule has 3 rings (SSSR count). The molecule has 20 heavy (non-hydrogen) atoms. The highest BCUT2D eigenvalue weighted by Gasteiger charge is 2.28. The molecule has 1 aliphatic rings. The third-order valence-electron chi connectivity index (χ3n) is 3.62. The molecule has 0 aliphatic carbocycles. The maximum atomic E-state index is 10.3. The van der Waals surface area contributed by atoms with E-state index in [0.717, 1.165) is 26.9 Å². The summed E-state index contributed by atoms with van der Waals surface area (Å²) in [7, 11) is 0. The molecule has 4 heteroatoms. The lowest BCUT2D eigenvalue weighted by Gasteiger charge is -2.31. The Bertz CT molecular complexity index is 657. The maximum absolute atomic E-state index is 10.3. The molecule has 0 amide bonds. The molecule has 1 heterocycles. The Morgan fingerprint density at radius 2 is 2.00 bits per heavy atom. The highest BCUT2D eigenvalue weighted by molar-refractivity contribution is 9.10. The molecule has 1 N–H and O–H groups in total. The van der Waals surface area contributed by atoms with Crippen LogP contribution >= 0.6 is 27.5 Å². The standard InChI is InChI=1S/C16H14BrClO2/c1-9-6-11(18)3-4-12(9)16-8-14(19)13-7-10(17)2-5-15(13)20-16/h2-7,14,16,19H,8H2,1H3/t14-,16?/m1/s1. The molecule has 0 radical (unpaired) electrons. The third kappa shape index (κ3) is 2.58. The number of ether oxygens (including phenoxy) is 1. The highest BCUT2D eigenvalue weighted by Crippen LogP contribution is 2.42. The first-order chi connectivity index (χ1) is 9.54. The van der Waals surface area contributed by atoms with E-state index in [9.17, 15) is 5.11 Å². The van der Waals surface area contributed by atoms with Crippen molar-refractivity contribution in [1.29, 1.82) is 0 Å². The average molecular weight is 354 g/mol. The zero-order valence-electron chi connectivity index (χ0n) is 10.9. The number of halogens is 2. The van der Waals surface area contributed by atoms with Crippen molar-refractivity contribution in [2.75, 3.05) is 0 Å². The summed E-state index contributed by atoms with van der Waals surface area (Å²) < 4.78 is 6.98. The van der Waals surface area contributed by atoms with E-state index in [2.05, 4.69) is 15.9 Å². The first-order valence-corrected chi connectivity index (χ1v) is 7.62. The van der Waals surface area contributed by atoms with Crippen molar-refractivity contribution in [3.05, 3.63) is 62.6 Å². The molecule has 2 aromatic rings. The van der Waals surface area contributed by atoms with Gasteiger partial charge in [0.05, 0.1) is 6.10 Å². The zero-order chi connectivity index (χ0) is 14.3. The largest absolute Gasteiger partial charge is 0.485 e. The number of hydrogen-bond donors (Lipinski definition) is 1. The molecule has 0 saturated carbocycles. The van der Waals surface area contributed by atoms with E-state index in [1.807, 2.05) is 43.3 Å². The van der Waals surface area contributed by atoms with Crippen LogP contribution in [0.15, 0.2) is 40.9 Å². The Morgan fingerprint density at radius 3 is 2.75 bits per heavy atom. The van der Waals surface area contributed by atoms with Crippen LogP contribution in [0.3, 0.4) is 0 Å². The van der Waals surface area contributed by atoms with Crippen LogP contribution in [0.2, 0.25) is 5.02 Å². The van der Waals surface area contributed by atoms with Crippen LogP contribution in [0.4, 0.5) is 0 Å². The van der Waals surface area contributed by atoms with Gasteiger partial charge in [0.2, 0.25) is 0 Å². The molecule has 2 nitrogen and oxygen atoms in total. The van der Waals surface area contributed by atoms with Gasteiger partial charge in [-0.3, -0.25) is 0 Å². The van der Waals surface area contributed by atoms with Crippen molar-refractivity contribution in [2.45, 2.75) is 25.6 Å². The minimum Gasteiger partial charge on any atom is -0.485 e. The van der Waals surface area contributed by atoms with Gasteiger partial charge in [-0.2, -0.15) is 0 Å². The van der Waals surface area contributed by atoms with Crippen molar-refractivity contribution in [2.24, 2.45) is 0 Å². The minimum absolute atomic E-state index is 0.143. The monoisotopic (exact) mass is 352 g/mol. The molecule has 0 bridgehead atoms. The normalized spacial score (nSPS) is 21.2. The number of aryl methyl sites for hydroxylation is 1. The van der Waals surface area contributed by atoms with Gasteiger partial charge >= 0.3 is 0 Å². The van der Waals surface area contributed by atoms with E-state index in [1.165, 1.54) is 0 Å². The predicted octanol–water partition coefficient (Wildman–Crippen LogP) is 4.97. The summed E-state index contributed by atoms with van der Waals surface area (Å²) >= 11 is 9.40. The lowest BCUT2D eigenvalue weighted by Crippen LogP contribution is -2.19. The second kappa shape index (κ2) is 5.40. The van der Waals surface area contributed by atoms with Crippen molar-refractivity contribution >= 4 is 27.5 Å². The number of hydrogen-bond acceptors (Lipinski definition) is 2. The van der Waals surface area contributed by atoms with E-state index in [0.29, 0.717) is 11.4 Å². The molecule has 2 aromatic carbocycles. The van der Waals surface area contributed by atoms with Crippen LogP contribution in [0.5, 0.6) is 5.75 Å². The Labute approximate surface area is 131 Å². The fourth-order valence-electron chi connectivity index (χ4n) is 2.61. The molecule has 0 saturated heterocycles. The van der Waals surface area contributed by atoms with Crippen LogP contribution < -0.4 is 4.74 Å². The quantitative estimate of drug-likeness (QED) is 0.784. The Kier molecular flexibility index (Phi) is 3.76. The van der Waals surface area contributed by atoms with E-state index in [1.54, 1.807) is 0 Å². The van der Waals surface area contributed by atoms with Crippen molar-refractivity contribution < 1.29 is 9.84 Å². The zero-order valence-corrected chi connectivity index (χ0v) is 13.3. The molecule has 104 valence electrons. The topological polar surface area (TPSA) is 29.5 Å². The van der Waals surface area contributed by atoms with E-state index < -0.39 is 6.10 Å². The number of rotatable bonds is 1. The number of benzene rings is 2. The predicted molar refractivity (Wildman–Crippen MR) is 83.3 cm³/mol. The molecule has 1 aliphatic heterocycles. The lowest BCUT2D eigenvalue weighted by atomic mass is 9.93. The summed E-state index contributed by atoms with van der Waals surface area (Å²) in [5, 5.41) is 11.1. The van der Waals surface area contributed by atoms with Gasteiger partial charge in [0.25, 0.3) is 0 Å². The van der Waals surface area contributed by atoms with E-state index in [-0.39, 0.29) is 6.10 Å². The summed E-state index contributed by atoms with van der Waals surface area (Å²) in [5.74, 6) is 0.742. The maximum Gasteiger partial charge on any atom is 0.127 e. The van der Waals surface area contributed by atoms with Crippen molar-refractivity contribution in [1.82, 2.24) is 0 Å². The third-order valence-corrected chi connectivity index (χ3v) is 4.34. The fraction of sp³-hybridized carbons (Fsp3) is 0.250. The van der Waals surface area contributed by atoms with Crippen LogP contribution in [0, 0.1) is 6.92 Å². The number of aliphatic hydroxyl groups excluding tert-OH is 1. The first kappa shape index (κ1) is 13.9. The van der Waals surface area contributed by atoms with Gasteiger partial charge < -0.3 is 9.84 Å². The summed E-state index contributed by atoms with van der Waals surface area (Å²) in [6, 6.07) is 11.5. The minimum atomic E-state index is -0.517. The Hall–Kier alpha value is -1.03. The molecule has 2 atom stereocenters. The lowest BCUT2D eigenvalue weighted by molar-refractivity contribution is 0.0654. The van der Waals surface area contributed by atoms with Crippen LogP contribution in [-0.4, -0.2) is 5.11 Å². The van der Waals surface area contributed by atoms with Gasteiger partial charge in [-0.1, -0.05) is 33.6 Å². The molecular weight excluding hydrogens is 340 g/mol. The summed E-state index contributed by atoms with van der Waals surface area (Å²) in [4.78, 5) is 0. The summed E-state index contributed by atoms with van der Waals surface area (Å²) in [6.07, 6.45) is -0.112. The van der Waals surface area contributed by atoms with Crippen molar-refractivity contribution in [3.63, 3.8) is 0 Å². The number of aliphatic hydroxyl groups is 1. The second-order valence-electron chi connectivity index (χ2n) is 5.04. The van der Waals surface area contributed by atoms with Gasteiger partial charge in [0, 0.05) is 21.5 Å². The smallest absolute Gasteiger partial charge is 0.127 e. The highest BCUT2D eigenvalue weighted by atomic mass is 79.9. The first-order valence-electron chi connectivity index (χ1n) is 6.45. The molecule has 0 aromatic heterocycles. The van der Waals surface area contributed by atoms with Crippen molar-refractivity contribution in [3.8, 4) is 5.75 Å². The average Bonchev–Trinajstić information content (AvgIpc) is 2.39. The Morgan fingerprint density at radius 1 is 1.20 bits per heavy atom. The van der Waals surface area contributed by atoms with Crippen LogP contribution in [0.1, 0.15) is 35.3 Å². The SMILES string of the molecule is Cc1cc(Cl)ccc1C1C[C@@H](O)c2cc(Br)ccc2O1.